The lowest BCUT2D eigenvalue weighted by atomic mass is 10.1. The fourth-order valence-corrected chi connectivity index (χ4v) is 1.67. The summed E-state index contributed by atoms with van der Waals surface area (Å²) in [5, 5.41) is 9.50. The van der Waals surface area contributed by atoms with Gasteiger partial charge in [-0.15, -0.1) is 0 Å². The summed E-state index contributed by atoms with van der Waals surface area (Å²) in [5.74, 6) is 0.670. The van der Waals surface area contributed by atoms with Gasteiger partial charge >= 0.3 is 0 Å². The van der Waals surface area contributed by atoms with Gasteiger partial charge in [0.2, 0.25) is 5.91 Å². The molecule has 0 rings (SSSR count). The Kier molecular flexibility index (Phi) is 7.96. The molecule has 0 saturated heterocycles. The average Bonchev–Trinajstić information content (AvgIpc) is 2.24. The van der Waals surface area contributed by atoms with Crippen LogP contribution in [0.5, 0.6) is 0 Å². The van der Waals surface area contributed by atoms with Crippen molar-refractivity contribution in [3.05, 3.63) is 0 Å². The Balaban J connectivity index is 3.86. The monoisotopic (exact) mass is 249 g/mol. The second kappa shape index (κ2) is 8.37. The molecule has 0 fully saturated rings. The van der Waals surface area contributed by atoms with Gasteiger partial charge in [-0.25, -0.2) is 0 Å². The number of aliphatic hydroxyl groups is 1. The second-order valence-corrected chi connectivity index (χ2v) is 4.66. The lowest BCUT2D eigenvalue weighted by Crippen LogP contribution is -2.51. The quantitative estimate of drug-likeness (QED) is 0.356. The third-order valence-corrected chi connectivity index (χ3v) is 2.77. The molecule has 0 aliphatic carbocycles. The van der Waals surface area contributed by atoms with E-state index in [9.17, 15) is 14.7 Å². The number of rotatable bonds is 6. The molecule has 0 saturated carbocycles. The predicted octanol–water partition coefficient (Wildman–Crippen LogP) is -1.01. The zero-order valence-electron chi connectivity index (χ0n) is 9.53. The maximum atomic E-state index is 11.3. The molecule has 6 nitrogen and oxygen atoms in total. The summed E-state index contributed by atoms with van der Waals surface area (Å²) in [4.78, 5) is 21.8. The van der Waals surface area contributed by atoms with Crippen LogP contribution in [0, 0.1) is 0 Å². The first-order valence-electron chi connectivity index (χ1n) is 5.06. The van der Waals surface area contributed by atoms with Gasteiger partial charge in [-0.2, -0.15) is 11.8 Å². The molecule has 16 heavy (non-hydrogen) atoms. The number of amides is 2. The summed E-state index contributed by atoms with van der Waals surface area (Å²) in [7, 11) is 0. The van der Waals surface area contributed by atoms with Crippen molar-refractivity contribution in [2.75, 3.05) is 11.5 Å². The number of hydrogen-bond acceptors (Lipinski definition) is 5. The lowest BCUT2D eigenvalue weighted by molar-refractivity contribution is -0.134. The van der Waals surface area contributed by atoms with Gasteiger partial charge in [-0.1, -0.05) is 6.92 Å². The van der Waals surface area contributed by atoms with Gasteiger partial charge in [-0.05, 0) is 17.9 Å². The average molecular weight is 249 g/mol. The van der Waals surface area contributed by atoms with Gasteiger partial charge in [0.1, 0.15) is 6.10 Å². The third-order valence-electron chi connectivity index (χ3n) is 1.84. The van der Waals surface area contributed by atoms with Crippen LogP contribution in [0.4, 0.5) is 0 Å². The number of carbonyl (C=O) groups is 2. The van der Waals surface area contributed by atoms with Crippen LogP contribution < -0.4 is 16.6 Å². The highest BCUT2D eigenvalue weighted by atomic mass is 32.2. The molecule has 0 spiro atoms. The van der Waals surface area contributed by atoms with Crippen molar-refractivity contribution in [3.8, 4) is 0 Å². The van der Waals surface area contributed by atoms with Crippen molar-refractivity contribution in [3.63, 3.8) is 0 Å². The number of nitrogens with two attached hydrogens (primary N) is 1. The van der Waals surface area contributed by atoms with Crippen molar-refractivity contribution in [1.82, 2.24) is 10.9 Å². The van der Waals surface area contributed by atoms with Crippen LogP contribution in [0.2, 0.25) is 0 Å². The van der Waals surface area contributed by atoms with E-state index in [-0.39, 0.29) is 0 Å². The Hall–Kier alpha value is -0.790. The minimum absolute atomic E-state index is 0.407. The summed E-state index contributed by atoms with van der Waals surface area (Å²) in [6.07, 6.45) is -0.753. The van der Waals surface area contributed by atoms with Crippen LogP contribution in [0.25, 0.3) is 0 Å². The van der Waals surface area contributed by atoms with Crippen LogP contribution in [0.15, 0.2) is 0 Å². The topological polar surface area (TPSA) is 104 Å². The summed E-state index contributed by atoms with van der Waals surface area (Å²) in [6.45, 7) is 3.28. The highest BCUT2D eigenvalue weighted by molar-refractivity contribution is 7.99. The van der Waals surface area contributed by atoms with E-state index >= 15 is 0 Å². The van der Waals surface area contributed by atoms with Gasteiger partial charge in [0.15, 0.2) is 0 Å². The molecule has 0 radical (unpaired) electrons. The molecule has 0 aromatic rings. The predicted molar refractivity (Wildman–Crippen MR) is 63.6 cm³/mol. The van der Waals surface area contributed by atoms with Crippen molar-refractivity contribution < 1.29 is 14.7 Å². The van der Waals surface area contributed by atoms with Crippen LogP contribution in [-0.2, 0) is 9.59 Å². The Morgan fingerprint density at radius 1 is 1.44 bits per heavy atom. The molecule has 2 unspecified atom stereocenters. The fourth-order valence-electron chi connectivity index (χ4n) is 0.940. The Morgan fingerprint density at radius 3 is 2.56 bits per heavy atom. The van der Waals surface area contributed by atoms with Gasteiger partial charge in [0.05, 0.1) is 0 Å². The lowest BCUT2D eigenvalue weighted by Gasteiger charge is -2.17. The third kappa shape index (κ3) is 6.65. The van der Waals surface area contributed by atoms with E-state index < -0.39 is 24.0 Å². The standard InChI is InChI=1S/C9H19N3O3S/c1-3-16-5-4-7(10)8(14)9(15)12-11-6(2)13/h7-8,14H,3-5,10H2,1-2H3,(H,11,13)(H,12,15). The molecule has 0 aliphatic rings. The second-order valence-electron chi connectivity index (χ2n) is 3.26. The van der Waals surface area contributed by atoms with Gasteiger partial charge in [0.25, 0.3) is 5.91 Å². The molecular weight excluding hydrogens is 230 g/mol. The van der Waals surface area contributed by atoms with Crippen molar-refractivity contribution in [2.45, 2.75) is 32.4 Å². The minimum Gasteiger partial charge on any atom is -0.382 e. The van der Waals surface area contributed by atoms with E-state index in [1.165, 1.54) is 6.92 Å². The van der Waals surface area contributed by atoms with E-state index in [4.69, 9.17) is 5.73 Å². The van der Waals surface area contributed by atoms with Crippen LogP contribution in [0.3, 0.4) is 0 Å². The highest BCUT2D eigenvalue weighted by Crippen LogP contribution is 2.05. The number of hydrazine groups is 1. The Labute approximate surface area is 99.3 Å². The maximum absolute atomic E-state index is 11.3. The molecule has 0 heterocycles. The molecule has 94 valence electrons. The van der Waals surface area contributed by atoms with E-state index in [2.05, 4.69) is 10.9 Å². The van der Waals surface area contributed by atoms with Crippen molar-refractivity contribution >= 4 is 23.6 Å². The van der Waals surface area contributed by atoms with E-state index in [1.807, 2.05) is 6.92 Å². The van der Waals surface area contributed by atoms with E-state index in [1.54, 1.807) is 11.8 Å². The number of thioether (sulfide) groups is 1. The minimum atomic E-state index is -1.30. The van der Waals surface area contributed by atoms with Gasteiger partial charge in [-0.3, -0.25) is 20.4 Å². The molecule has 0 bridgehead atoms. The fraction of sp³-hybridized carbons (Fsp3) is 0.778. The molecule has 0 aliphatic heterocycles. The first kappa shape index (κ1) is 15.2. The maximum Gasteiger partial charge on any atom is 0.268 e. The van der Waals surface area contributed by atoms with Crippen LogP contribution in [-0.4, -0.2) is 40.6 Å². The number of nitrogens with one attached hydrogen (secondary N) is 2. The summed E-state index contributed by atoms with van der Waals surface area (Å²) in [6, 6.07) is -0.618. The molecule has 5 N–H and O–H groups in total. The molecule has 2 atom stereocenters. The van der Waals surface area contributed by atoms with Crippen LogP contribution >= 0.6 is 11.8 Å². The van der Waals surface area contributed by atoms with E-state index in [0.717, 1.165) is 11.5 Å². The first-order chi connectivity index (χ1) is 7.49. The molecular formula is C9H19N3O3S. The first-order valence-corrected chi connectivity index (χ1v) is 6.22. The number of hydrogen-bond donors (Lipinski definition) is 4. The van der Waals surface area contributed by atoms with Gasteiger partial charge < -0.3 is 10.8 Å². The summed E-state index contributed by atoms with van der Waals surface area (Å²) < 4.78 is 0. The van der Waals surface area contributed by atoms with Crippen molar-refractivity contribution in [2.24, 2.45) is 5.73 Å². The van der Waals surface area contributed by atoms with Crippen molar-refractivity contribution in [1.29, 1.82) is 0 Å². The molecule has 7 heteroatoms. The van der Waals surface area contributed by atoms with Crippen LogP contribution in [0.1, 0.15) is 20.3 Å². The molecule has 2 amide bonds. The van der Waals surface area contributed by atoms with Gasteiger partial charge in [0, 0.05) is 13.0 Å². The SMILES string of the molecule is CCSCCC(N)C(O)C(=O)NNC(C)=O. The number of carbonyl (C=O) groups excluding carboxylic acids is 2. The zero-order valence-corrected chi connectivity index (χ0v) is 10.3. The smallest absolute Gasteiger partial charge is 0.268 e. The zero-order chi connectivity index (χ0) is 12.6. The Bertz CT molecular complexity index is 238. The highest BCUT2D eigenvalue weighted by Gasteiger charge is 2.22. The normalized spacial score (nSPS) is 14.0. The largest absolute Gasteiger partial charge is 0.382 e. The van der Waals surface area contributed by atoms with E-state index in [0.29, 0.717) is 6.42 Å². The summed E-state index contributed by atoms with van der Waals surface area (Å²) in [5.41, 5.74) is 9.80. The Morgan fingerprint density at radius 2 is 2.06 bits per heavy atom. The molecule has 0 aromatic heterocycles. The molecule has 0 aromatic carbocycles. The number of aliphatic hydroxyl groups excluding tert-OH is 1. The summed E-state index contributed by atoms with van der Waals surface area (Å²) >= 11 is 1.69.